The number of hydrogen-bond donors (Lipinski definition) is 1. The molecule has 0 fully saturated rings. The minimum Gasteiger partial charge on any atom is -0.478 e. The van der Waals surface area contributed by atoms with Crippen molar-refractivity contribution in [1.82, 2.24) is 4.98 Å². The van der Waals surface area contributed by atoms with Gasteiger partial charge in [0, 0.05) is 11.0 Å². The zero-order valence-electron chi connectivity index (χ0n) is 9.82. The number of carbonyl (C=O) groups is 1. The van der Waals surface area contributed by atoms with Crippen LogP contribution in [0.25, 0.3) is 0 Å². The number of pyridine rings is 1. The first-order valence-corrected chi connectivity index (χ1v) is 6.11. The lowest BCUT2D eigenvalue weighted by Gasteiger charge is -2.05. The lowest BCUT2D eigenvalue weighted by atomic mass is 10.3. The predicted molar refractivity (Wildman–Crippen MR) is 68.4 cm³/mol. The van der Waals surface area contributed by atoms with E-state index >= 15 is 0 Å². The summed E-state index contributed by atoms with van der Waals surface area (Å²) in [4.78, 5) is 24.9. The van der Waals surface area contributed by atoms with Crippen LogP contribution in [0, 0.1) is 15.9 Å². The standard InChI is InChI=1S/C12H7FN2O4S/c13-9-3-1-2-4-10(9)20-11-8(12(16)17)5-7(6-14-11)15(18)19/h1-6H,(H,16,17). The fraction of sp³-hybridized carbons (Fsp3) is 0. The van der Waals surface area contributed by atoms with Gasteiger partial charge in [0.2, 0.25) is 0 Å². The third-order valence-corrected chi connectivity index (χ3v) is 3.39. The Labute approximate surface area is 116 Å². The number of aromatic carboxylic acids is 1. The summed E-state index contributed by atoms with van der Waals surface area (Å²) in [5, 5.41) is 19.6. The summed E-state index contributed by atoms with van der Waals surface area (Å²) in [5.41, 5.74) is -0.771. The summed E-state index contributed by atoms with van der Waals surface area (Å²) in [5.74, 6) is -1.88. The van der Waals surface area contributed by atoms with E-state index < -0.39 is 22.4 Å². The highest BCUT2D eigenvalue weighted by molar-refractivity contribution is 7.99. The molecule has 0 aliphatic rings. The van der Waals surface area contributed by atoms with Gasteiger partial charge in [0.15, 0.2) is 0 Å². The lowest BCUT2D eigenvalue weighted by Crippen LogP contribution is -2.03. The van der Waals surface area contributed by atoms with Gasteiger partial charge in [-0.25, -0.2) is 14.2 Å². The summed E-state index contributed by atoms with van der Waals surface area (Å²) in [6.07, 6.45) is 0.940. The molecule has 1 N–H and O–H groups in total. The minimum absolute atomic E-state index is 0.00630. The molecule has 0 atom stereocenters. The number of hydrogen-bond acceptors (Lipinski definition) is 5. The summed E-state index contributed by atoms with van der Waals surface area (Å²) >= 11 is 0.800. The fourth-order valence-electron chi connectivity index (χ4n) is 1.41. The average Bonchev–Trinajstić information content (AvgIpc) is 2.41. The molecule has 0 unspecified atom stereocenters. The third kappa shape index (κ3) is 2.91. The van der Waals surface area contributed by atoms with E-state index in [1.54, 1.807) is 6.07 Å². The maximum absolute atomic E-state index is 13.5. The number of benzene rings is 1. The zero-order chi connectivity index (χ0) is 14.7. The first-order valence-electron chi connectivity index (χ1n) is 5.29. The molecular formula is C12H7FN2O4S. The van der Waals surface area contributed by atoms with E-state index in [9.17, 15) is 19.3 Å². The molecule has 1 aromatic heterocycles. The highest BCUT2D eigenvalue weighted by atomic mass is 32.2. The number of aromatic nitrogens is 1. The van der Waals surface area contributed by atoms with Crippen molar-refractivity contribution in [2.24, 2.45) is 0 Å². The molecule has 102 valence electrons. The minimum atomic E-state index is -1.36. The molecule has 20 heavy (non-hydrogen) atoms. The van der Waals surface area contributed by atoms with Gasteiger partial charge < -0.3 is 5.11 Å². The number of halogens is 1. The highest BCUT2D eigenvalue weighted by Crippen LogP contribution is 2.31. The Morgan fingerprint density at radius 1 is 1.40 bits per heavy atom. The monoisotopic (exact) mass is 294 g/mol. The molecule has 0 saturated heterocycles. The molecular weight excluding hydrogens is 287 g/mol. The Bertz CT molecular complexity index is 693. The van der Waals surface area contributed by atoms with Crippen molar-refractivity contribution in [3.63, 3.8) is 0 Å². The molecule has 0 aliphatic heterocycles. The molecule has 1 heterocycles. The van der Waals surface area contributed by atoms with Gasteiger partial charge in [-0.15, -0.1) is 0 Å². The van der Waals surface area contributed by atoms with Crippen molar-refractivity contribution >= 4 is 23.4 Å². The Morgan fingerprint density at radius 2 is 2.10 bits per heavy atom. The van der Waals surface area contributed by atoms with Crippen molar-refractivity contribution in [2.45, 2.75) is 9.92 Å². The van der Waals surface area contributed by atoms with E-state index in [0.29, 0.717) is 0 Å². The SMILES string of the molecule is O=C(O)c1cc([N+](=O)[O-])cnc1Sc1ccccc1F. The second-order valence-corrected chi connectivity index (χ2v) is 4.67. The van der Waals surface area contributed by atoms with Crippen molar-refractivity contribution in [1.29, 1.82) is 0 Å². The van der Waals surface area contributed by atoms with Crippen LogP contribution >= 0.6 is 11.8 Å². The van der Waals surface area contributed by atoms with E-state index in [-0.39, 0.29) is 15.5 Å². The predicted octanol–water partition coefficient (Wildman–Crippen LogP) is 2.98. The largest absolute Gasteiger partial charge is 0.478 e. The van der Waals surface area contributed by atoms with Crippen LogP contribution in [-0.2, 0) is 0 Å². The Balaban J connectivity index is 2.44. The fourth-order valence-corrected chi connectivity index (χ4v) is 2.29. The number of carboxylic acids is 1. The summed E-state index contributed by atoms with van der Waals surface area (Å²) < 4.78 is 13.5. The van der Waals surface area contributed by atoms with Gasteiger partial charge in [0.25, 0.3) is 5.69 Å². The Morgan fingerprint density at radius 3 is 2.70 bits per heavy atom. The molecule has 0 aliphatic carbocycles. The van der Waals surface area contributed by atoms with Gasteiger partial charge in [-0.05, 0) is 12.1 Å². The number of carboxylic acid groups (broad SMARTS) is 1. The van der Waals surface area contributed by atoms with Crippen LogP contribution < -0.4 is 0 Å². The molecule has 2 rings (SSSR count). The first kappa shape index (κ1) is 13.9. The maximum atomic E-state index is 13.5. The average molecular weight is 294 g/mol. The van der Waals surface area contributed by atoms with E-state index in [0.717, 1.165) is 24.0 Å². The molecule has 6 nitrogen and oxygen atoms in total. The molecule has 0 radical (unpaired) electrons. The summed E-state index contributed by atoms with van der Waals surface area (Å²) in [6, 6.07) is 6.69. The lowest BCUT2D eigenvalue weighted by molar-refractivity contribution is -0.385. The molecule has 1 aromatic carbocycles. The molecule has 2 aromatic rings. The molecule has 0 bridgehead atoms. The third-order valence-electron chi connectivity index (χ3n) is 2.32. The van der Waals surface area contributed by atoms with Crippen molar-refractivity contribution in [3.05, 3.63) is 58.0 Å². The van der Waals surface area contributed by atoms with Gasteiger partial charge >= 0.3 is 5.97 Å². The van der Waals surface area contributed by atoms with Gasteiger partial charge in [0.05, 0.1) is 10.5 Å². The van der Waals surface area contributed by atoms with E-state index in [1.807, 2.05) is 0 Å². The van der Waals surface area contributed by atoms with Gasteiger partial charge in [-0.3, -0.25) is 10.1 Å². The van der Waals surface area contributed by atoms with E-state index in [1.165, 1.54) is 18.2 Å². The van der Waals surface area contributed by atoms with E-state index in [4.69, 9.17) is 5.11 Å². The Hall–Kier alpha value is -2.48. The van der Waals surface area contributed by atoms with Gasteiger partial charge in [-0.2, -0.15) is 0 Å². The van der Waals surface area contributed by atoms with Crippen LogP contribution in [0.3, 0.4) is 0 Å². The molecule has 0 spiro atoms. The second kappa shape index (κ2) is 5.66. The number of nitrogens with zero attached hydrogens (tertiary/aromatic N) is 2. The normalized spacial score (nSPS) is 10.2. The highest BCUT2D eigenvalue weighted by Gasteiger charge is 2.19. The number of rotatable bonds is 4. The van der Waals surface area contributed by atoms with Crippen LogP contribution in [0.2, 0.25) is 0 Å². The topological polar surface area (TPSA) is 93.3 Å². The second-order valence-electron chi connectivity index (χ2n) is 3.64. The van der Waals surface area contributed by atoms with Crippen LogP contribution in [0.15, 0.2) is 46.5 Å². The number of nitro groups is 1. The van der Waals surface area contributed by atoms with Crippen LogP contribution in [0.1, 0.15) is 10.4 Å². The van der Waals surface area contributed by atoms with Gasteiger partial charge in [-0.1, -0.05) is 23.9 Å². The summed E-state index contributed by atoms with van der Waals surface area (Å²) in [7, 11) is 0. The van der Waals surface area contributed by atoms with Crippen LogP contribution in [0.5, 0.6) is 0 Å². The summed E-state index contributed by atoms with van der Waals surface area (Å²) in [6.45, 7) is 0. The van der Waals surface area contributed by atoms with Crippen molar-refractivity contribution < 1.29 is 19.2 Å². The van der Waals surface area contributed by atoms with Crippen molar-refractivity contribution in [3.8, 4) is 0 Å². The van der Waals surface area contributed by atoms with E-state index in [2.05, 4.69) is 4.98 Å². The first-order chi connectivity index (χ1) is 9.49. The van der Waals surface area contributed by atoms with Crippen molar-refractivity contribution in [2.75, 3.05) is 0 Å². The van der Waals surface area contributed by atoms with Crippen LogP contribution in [-0.4, -0.2) is 21.0 Å². The van der Waals surface area contributed by atoms with Gasteiger partial charge in [0.1, 0.15) is 17.0 Å². The Kier molecular flexibility index (Phi) is 3.94. The maximum Gasteiger partial charge on any atom is 0.338 e. The molecule has 0 saturated carbocycles. The van der Waals surface area contributed by atoms with Crippen LogP contribution in [0.4, 0.5) is 10.1 Å². The molecule has 0 amide bonds. The zero-order valence-corrected chi connectivity index (χ0v) is 10.6. The quantitative estimate of drug-likeness (QED) is 0.688. The molecule has 8 heteroatoms. The smallest absolute Gasteiger partial charge is 0.338 e.